The van der Waals surface area contributed by atoms with E-state index in [1.54, 1.807) is 12.1 Å². The number of anilines is 2. The minimum atomic E-state index is -0.310. The average Bonchev–Trinajstić information content (AvgIpc) is 2.51. The molecule has 0 bridgehead atoms. The van der Waals surface area contributed by atoms with Crippen molar-refractivity contribution in [1.82, 2.24) is 9.55 Å². The van der Waals surface area contributed by atoms with E-state index in [9.17, 15) is 4.39 Å². The summed E-state index contributed by atoms with van der Waals surface area (Å²) < 4.78 is 16.0. The molecule has 16 heavy (non-hydrogen) atoms. The van der Waals surface area contributed by atoms with Gasteiger partial charge in [-0.25, -0.2) is 9.37 Å². The second-order valence-electron chi connectivity index (χ2n) is 3.54. The lowest BCUT2D eigenvalue weighted by Gasteiger charge is -2.08. The summed E-state index contributed by atoms with van der Waals surface area (Å²) in [5.41, 5.74) is 1.29. The highest BCUT2D eigenvalue weighted by molar-refractivity contribution is 9.10. The van der Waals surface area contributed by atoms with Crippen molar-refractivity contribution in [3.05, 3.63) is 40.4 Å². The van der Waals surface area contributed by atoms with E-state index in [4.69, 9.17) is 0 Å². The molecule has 84 valence electrons. The molecule has 1 heterocycles. The normalized spacial score (nSPS) is 10.5. The Hall–Kier alpha value is -1.36. The van der Waals surface area contributed by atoms with Crippen LogP contribution in [-0.4, -0.2) is 9.55 Å². The highest BCUT2D eigenvalue weighted by atomic mass is 79.9. The SMILES string of the molecule is Cc1cn(C)c(Nc2c(F)cccc2Br)n1. The van der Waals surface area contributed by atoms with Gasteiger partial charge in [-0.1, -0.05) is 6.07 Å². The standard InChI is InChI=1S/C11H11BrFN3/c1-7-6-16(2)11(14-7)15-10-8(12)4-3-5-9(10)13/h3-6H,1-2H3,(H,14,15). The Balaban J connectivity index is 2.37. The molecule has 5 heteroatoms. The van der Waals surface area contributed by atoms with Gasteiger partial charge >= 0.3 is 0 Å². The summed E-state index contributed by atoms with van der Waals surface area (Å²) in [6.07, 6.45) is 1.87. The smallest absolute Gasteiger partial charge is 0.207 e. The number of imidazole rings is 1. The van der Waals surface area contributed by atoms with Crippen LogP contribution in [0.25, 0.3) is 0 Å². The third kappa shape index (κ3) is 2.09. The van der Waals surface area contributed by atoms with E-state index in [2.05, 4.69) is 26.2 Å². The number of aryl methyl sites for hydroxylation is 2. The van der Waals surface area contributed by atoms with Gasteiger partial charge in [-0.15, -0.1) is 0 Å². The molecule has 0 amide bonds. The number of hydrogen-bond donors (Lipinski definition) is 1. The van der Waals surface area contributed by atoms with Crippen LogP contribution >= 0.6 is 15.9 Å². The molecule has 1 aromatic heterocycles. The molecule has 0 aliphatic carbocycles. The van der Waals surface area contributed by atoms with Crippen LogP contribution in [0.1, 0.15) is 5.69 Å². The van der Waals surface area contributed by atoms with Crippen molar-refractivity contribution in [3.8, 4) is 0 Å². The third-order valence-corrected chi connectivity index (χ3v) is 2.86. The van der Waals surface area contributed by atoms with E-state index in [1.807, 2.05) is 24.7 Å². The molecule has 0 aliphatic heterocycles. The number of hydrogen-bond acceptors (Lipinski definition) is 2. The molecular weight excluding hydrogens is 273 g/mol. The largest absolute Gasteiger partial charge is 0.322 e. The summed E-state index contributed by atoms with van der Waals surface area (Å²) in [7, 11) is 1.86. The van der Waals surface area contributed by atoms with Crippen molar-refractivity contribution < 1.29 is 4.39 Å². The van der Waals surface area contributed by atoms with Crippen LogP contribution in [0, 0.1) is 12.7 Å². The summed E-state index contributed by atoms with van der Waals surface area (Å²) in [4.78, 5) is 4.25. The lowest BCUT2D eigenvalue weighted by atomic mass is 10.3. The Morgan fingerprint density at radius 1 is 1.44 bits per heavy atom. The molecule has 0 saturated carbocycles. The number of aromatic nitrogens is 2. The van der Waals surface area contributed by atoms with Crippen LogP contribution in [0.2, 0.25) is 0 Å². The third-order valence-electron chi connectivity index (χ3n) is 2.20. The van der Waals surface area contributed by atoms with Gasteiger partial charge in [0.2, 0.25) is 5.95 Å². The van der Waals surface area contributed by atoms with Gasteiger partial charge in [0, 0.05) is 17.7 Å². The van der Waals surface area contributed by atoms with Gasteiger partial charge in [0.15, 0.2) is 0 Å². The quantitative estimate of drug-likeness (QED) is 0.916. The molecule has 3 nitrogen and oxygen atoms in total. The second kappa shape index (κ2) is 4.25. The molecule has 2 aromatic rings. The van der Waals surface area contributed by atoms with Gasteiger partial charge in [0.05, 0.1) is 11.4 Å². The Morgan fingerprint density at radius 2 is 2.19 bits per heavy atom. The maximum Gasteiger partial charge on any atom is 0.207 e. The second-order valence-corrected chi connectivity index (χ2v) is 4.39. The van der Waals surface area contributed by atoms with Gasteiger partial charge in [-0.3, -0.25) is 0 Å². The zero-order valence-corrected chi connectivity index (χ0v) is 10.5. The fourth-order valence-corrected chi connectivity index (χ4v) is 1.90. The summed E-state index contributed by atoms with van der Waals surface area (Å²) in [5.74, 6) is 0.304. The maximum atomic E-state index is 13.5. The van der Waals surface area contributed by atoms with E-state index in [-0.39, 0.29) is 5.82 Å². The first-order valence-corrected chi connectivity index (χ1v) is 5.58. The molecule has 0 spiro atoms. The summed E-state index contributed by atoms with van der Waals surface area (Å²) in [6, 6.07) is 4.83. The Bertz CT molecular complexity index is 502. The van der Waals surface area contributed by atoms with Crippen LogP contribution in [0.4, 0.5) is 16.0 Å². The number of benzene rings is 1. The number of rotatable bonds is 2. The topological polar surface area (TPSA) is 29.9 Å². The Labute approximate surface area is 101 Å². The van der Waals surface area contributed by atoms with E-state index >= 15 is 0 Å². The van der Waals surface area contributed by atoms with Crippen LogP contribution < -0.4 is 5.32 Å². The fourth-order valence-electron chi connectivity index (χ4n) is 1.46. The Morgan fingerprint density at radius 3 is 2.75 bits per heavy atom. The molecule has 0 unspecified atom stereocenters. The van der Waals surface area contributed by atoms with Crippen molar-refractivity contribution in [3.63, 3.8) is 0 Å². The van der Waals surface area contributed by atoms with Gasteiger partial charge < -0.3 is 9.88 Å². The van der Waals surface area contributed by atoms with Crippen molar-refractivity contribution in [2.24, 2.45) is 7.05 Å². The molecular formula is C11H11BrFN3. The Kier molecular flexibility index (Phi) is 2.96. The molecule has 1 N–H and O–H groups in total. The maximum absolute atomic E-state index is 13.5. The minimum Gasteiger partial charge on any atom is -0.322 e. The highest BCUT2D eigenvalue weighted by Crippen LogP contribution is 2.27. The van der Waals surface area contributed by atoms with E-state index in [1.165, 1.54) is 6.07 Å². The molecule has 0 saturated heterocycles. The number of para-hydroxylation sites is 1. The summed E-state index contributed by atoms with van der Waals surface area (Å²) >= 11 is 3.30. The molecule has 0 radical (unpaired) electrons. The molecule has 2 rings (SSSR count). The van der Waals surface area contributed by atoms with Gasteiger partial charge in [0.25, 0.3) is 0 Å². The van der Waals surface area contributed by atoms with Crippen molar-refractivity contribution >= 4 is 27.6 Å². The molecule has 0 aliphatic rings. The van der Waals surface area contributed by atoms with Gasteiger partial charge in [-0.05, 0) is 35.0 Å². The predicted molar refractivity (Wildman–Crippen MR) is 65.3 cm³/mol. The summed E-state index contributed by atoms with van der Waals surface area (Å²) in [5, 5.41) is 2.96. The predicted octanol–water partition coefficient (Wildman–Crippen LogP) is 3.37. The number of nitrogens with one attached hydrogen (secondary N) is 1. The average molecular weight is 284 g/mol. The first-order chi connectivity index (χ1) is 7.58. The van der Waals surface area contributed by atoms with E-state index in [0.717, 1.165) is 5.69 Å². The monoisotopic (exact) mass is 283 g/mol. The van der Waals surface area contributed by atoms with Crippen molar-refractivity contribution in [2.45, 2.75) is 6.92 Å². The van der Waals surface area contributed by atoms with E-state index in [0.29, 0.717) is 16.1 Å². The number of nitrogens with zero attached hydrogens (tertiary/aromatic N) is 2. The van der Waals surface area contributed by atoms with Crippen LogP contribution in [0.3, 0.4) is 0 Å². The first-order valence-electron chi connectivity index (χ1n) is 4.79. The lowest BCUT2D eigenvalue weighted by molar-refractivity contribution is 0.630. The van der Waals surface area contributed by atoms with Gasteiger partial charge in [0.1, 0.15) is 5.82 Å². The molecule has 1 aromatic carbocycles. The zero-order valence-electron chi connectivity index (χ0n) is 8.96. The first kappa shape index (κ1) is 11.1. The highest BCUT2D eigenvalue weighted by Gasteiger charge is 2.09. The van der Waals surface area contributed by atoms with Crippen LogP contribution in [0.5, 0.6) is 0 Å². The minimum absolute atomic E-state index is 0.310. The van der Waals surface area contributed by atoms with E-state index < -0.39 is 0 Å². The zero-order chi connectivity index (χ0) is 11.7. The van der Waals surface area contributed by atoms with Gasteiger partial charge in [-0.2, -0.15) is 0 Å². The van der Waals surface area contributed by atoms with Crippen molar-refractivity contribution in [1.29, 1.82) is 0 Å². The molecule has 0 atom stereocenters. The van der Waals surface area contributed by atoms with Crippen molar-refractivity contribution in [2.75, 3.05) is 5.32 Å². The van der Waals surface area contributed by atoms with Crippen LogP contribution in [-0.2, 0) is 7.05 Å². The summed E-state index contributed by atoms with van der Waals surface area (Å²) in [6.45, 7) is 1.89. The molecule has 0 fully saturated rings. The number of halogens is 2. The lowest BCUT2D eigenvalue weighted by Crippen LogP contribution is -2.01. The van der Waals surface area contributed by atoms with Crippen LogP contribution in [0.15, 0.2) is 28.9 Å². The fraction of sp³-hybridized carbons (Fsp3) is 0.182.